The van der Waals surface area contributed by atoms with Crippen molar-refractivity contribution in [2.75, 3.05) is 25.5 Å². The normalized spacial score (nSPS) is 15.6. The summed E-state index contributed by atoms with van der Waals surface area (Å²) in [5.41, 5.74) is 11.5. The predicted octanol–water partition coefficient (Wildman–Crippen LogP) is 6.20. The van der Waals surface area contributed by atoms with Crippen molar-refractivity contribution in [2.45, 2.75) is 77.3 Å². The molecule has 0 aliphatic heterocycles. The van der Waals surface area contributed by atoms with Crippen molar-refractivity contribution in [3.63, 3.8) is 0 Å². The molecule has 35 heavy (non-hydrogen) atoms. The van der Waals surface area contributed by atoms with Crippen molar-refractivity contribution in [3.05, 3.63) is 59.4 Å². The first-order valence-corrected chi connectivity index (χ1v) is 12.9. The molecule has 0 spiro atoms. The van der Waals surface area contributed by atoms with Crippen LogP contribution in [0, 0.1) is 0 Å². The first-order valence-electron chi connectivity index (χ1n) is 12.9. The molecule has 1 aliphatic rings. The van der Waals surface area contributed by atoms with E-state index in [4.69, 9.17) is 10.7 Å². The van der Waals surface area contributed by atoms with E-state index in [9.17, 15) is 4.79 Å². The number of rotatable bonds is 8. The third kappa shape index (κ3) is 4.81. The van der Waals surface area contributed by atoms with Gasteiger partial charge in [-0.2, -0.15) is 0 Å². The number of urea groups is 1. The second-order valence-corrected chi connectivity index (χ2v) is 11.1. The average molecular weight is 476 g/mol. The molecular formula is C29H41N5O. The number of amides is 2. The van der Waals surface area contributed by atoms with Gasteiger partial charge in [0.15, 0.2) is 0 Å². The van der Waals surface area contributed by atoms with Crippen molar-refractivity contribution < 1.29 is 4.79 Å². The average Bonchev–Trinajstić information content (AvgIpc) is 3.42. The lowest BCUT2D eigenvalue weighted by Gasteiger charge is -2.38. The van der Waals surface area contributed by atoms with Crippen LogP contribution >= 0.6 is 0 Å². The van der Waals surface area contributed by atoms with Crippen LogP contribution in [0.25, 0.3) is 11.0 Å². The highest BCUT2D eigenvalue weighted by molar-refractivity contribution is 5.93. The fourth-order valence-electron chi connectivity index (χ4n) is 5.85. The van der Waals surface area contributed by atoms with E-state index < -0.39 is 0 Å². The monoisotopic (exact) mass is 475 g/mol. The Morgan fingerprint density at radius 1 is 1.06 bits per heavy atom. The molecule has 2 amide bonds. The Hall–Kier alpha value is -2.86. The molecule has 3 aromatic rings. The first kappa shape index (κ1) is 25.2. The Kier molecular flexibility index (Phi) is 7.22. The van der Waals surface area contributed by atoms with Gasteiger partial charge >= 0.3 is 6.03 Å². The Labute approximate surface area is 210 Å². The van der Waals surface area contributed by atoms with Gasteiger partial charge in [-0.25, -0.2) is 9.78 Å². The first-order chi connectivity index (χ1) is 16.6. The maximum Gasteiger partial charge on any atom is 0.319 e. The van der Waals surface area contributed by atoms with Crippen molar-refractivity contribution in [3.8, 4) is 0 Å². The van der Waals surface area contributed by atoms with Crippen molar-refractivity contribution >= 4 is 22.8 Å². The minimum atomic E-state index is -0.385. The molecule has 2 heterocycles. The Balaban J connectivity index is 1.88. The number of carbonyl (C=O) groups is 1. The number of primary amides is 1. The second-order valence-electron chi connectivity index (χ2n) is 11.1. The highest BCUT2D eigenvalue weighted by Gasteiger charge is 2.41. The predicted molar refractivity (Wildman–Crippen MR) is 145 cm³/mol. The molecule has 1 aromatic carbocycles. The van der Waals surface area contributed by atoms with Gasteiger partial charge in [0.1, 0.15) is 5.65 Å². The number of aromatic nitrogens is 2. The number of carbonyl (C=O) groups excluding carboxylic acids is 1. The fraction of sp³-hybridized carbons (Fsp3) is 0.517. The van der Waals surface area contributed by atoms with Crippen LogP contribution in [-0.4, -0.2) is 41.1 Å². The number of fused-ring (bicyclic) bond motifs is 1. The summed E-state index contributed by atoms with van der Waals surface area (Å²) in [6.45, 7) is 10.1. The van der Waals surface area contributed by atoms with E-state index in [2.05, 4.69) is 81.7 Å². The molecule has 6 heteroatoms. The summed E-state index contributed by atoms with van der Waals surface area (Å²) in [5.74, 6) is 0.566. The highest BCUT2D eigenvalue weighted by atomic mass is 16.2. The van der Waals surface area contributed by atoms with Gasteiger partial charge in [0, 0.05) is 24.3 Å². The van der Waals surface area contributed by atoms with Crippen molar-refractivity contribution in [1.82, 2.24) is 14.5 Å². The zero-order valence-electron chi connectivity index (χ0n) is 22.2. The summed E-state index contributed by atoms with van der Waals surface area (Å²) in [7, 11) is 4.19. The lowest BCUT2D eigenvalue weighted by Crippen LogP contribution is -2.48. The second kappa shape index (κ2) is 10.0. The Morgan fingerprint density at radius 3 is 2.23 bits per heavy atom. The summed E-state index contributed by atoms with van der Waals surface area (Å²) in [6.07, 6.45) is 8.41. The molecule has 1 saturated carbocycles. The molecule has 0 radical (unpaired) electrons. The van der Waals surface area contributed by atoms with Gasteiger partial charge < -0.3 is 15.2 Å². The van der Waals surface area contributed by atoms with Gasteiger partial charge in [0.2, 0.25) is 0 Å². The summed E-state index contributed by atoms with van der Waals surface area (Å²) < 4.78 is 2.37. The molecule has 188 valence electrons. The molecule has 2 N–H and O–H groups in total. The van der Waals surface area contributed by atoms with Gasteiger partial charge in [-0.3, -0.25) is 4.90 Å². The molecule has 0 saturated heterocycles. The maximum absolute atomic E-state index is 13.1. The standard InChI is InChI=1S/C29H41N5O/c1-20(2)23-11-9-12-24(21(3)4)26(23)33(28(30)35)19-29(14-7-8-15-29)34-18-22(17-32(5)6)25-13-10-16-31-27(25)34/h9-13,16,18,20-21H,7-8,14-15,17,19H2,1-6H3,(H2,30,35). The van der Waals surface area contributed by atoms with Crippen LogP contribution in [0.2, 0.25) is 0 Å². The molecule has 1 fully saturated rings. The molecule has 0 unspecified atom stereocenters. The number of hydrogen-bond donors (Lipinski definition) is 1. The minimum absolute atomic E-state index is 0.245. The van der Waals surface area contributed by atoms with E-state index in [0.29, 0.717) is 6.54 Å². The fourth-order valence-corrected chi connectivity index (χ4v) is 5.85. The van der Waals surface area contributed by atoms with Crippen LogP contribution in [0.4, 0.5) is 10.5 Å². The van der Waals surface area contributed by atoms with Gasteiger partial charge in [-0.1, -0.05) is 58.7 Å². The van der Waals surface area contributed by atoms with Crippen LogP contribution in [-0.2, 0) is 12.1 Å². The third-order valence-electron chi connectivity index (χ3n) is 7.51. The van der Waals surface area contributed by atoms with Crippen molar-refractivity contribution in [1.29, 1.82) is 0 Å². The summed E-state index contributed by atoms with van der Waals surface area (Å²) in [6, 6.07) is 10.2. The lowest BCUT2D eigenvalue weighted by molar-refractivity contribution is 0.245. The summed E-state index contributed by atoms with van der Waals surface area (Å²) in [5, 5.41) is 1.18. The zero-order valence-corrected chi connectivity index (χ0v) is 22.2. The Morgan fingerprint density at radius 2 is 1.69 bits per heavy atom. The largest absolute Gasteiger partial charge is 0.351 e. The van der Waals surface area contributed by atoms with Gasteiger partial charge in [0.05, 0.1) is 17.8 Å². The maximum atomic E-state index is 13.1. The van der Waals surface area contributed by atoms with Gasteiger partial charge in [0.25, 0.3) is 0 Å². The van der Waals surface area contributed by atoms with Crippen molar-refractivity contribution in [2.24, 2.45) is 5.73 Å². The summed E-state index contributed by atoms with van der Waals surface area (Å²) in [4.78, 5) is 22.0. The van der Waals surface area contributed by atoms with E-state index in [-0.39, 0.29) is 23.4 Å². The van der Waals surface area contributed by atoms with E-state index in [1.165, 1.54) is 22.1 Å². The number of nitrogens with two attached hydrogens (primary N) is 1. The number of hydrogen-bond acceptors (Lipinski definition) is 3. The quantitative estimate of drug-likeness (QED) is 0.422. The SMILES string of the molecule is CC(C)c1cccc(C(C)C)c1N(CC1(n2cc(CN(C)C)c3cccnc32)CCCC1)C(N)=O. The molecule has 0 bridgehead atoms. The van der Waals surface area contributed by atoms with E-state index in [1.807, 2.05) is 17.2 Å². The lowest BCUT2D eigenvalue weighted by atomic mass is 9.90. The number of nitrogens with zero attached hydrogens (tertiary/aromatic N) is 4. The number of benzene rings is 1. The van der Waals surface area contributed by atoms with Gasteiger partial charge in [-0.15, -0.1) is 0 Å². The van der Waals surface area contributed by atoms with Crippen LogP contribution < -0.4 is 10.6 Å². The number of pyridine rings is 1. The highest BCUT2D eigenvalue weighted by Crippen LogP contribution is 2.43. The van der Waals surface area contributed by atoms with Gasteiger partial charge in [-0.05, 0) is 67.6 Å². The van der Waals surface area contributed by atoms with E-state index in [1.54, 1.807) is 0 Å². The number of para-hydroxylation sites is 1. The van der Waals surface area contributed by atoms with E-state index in [0.717, 1.165) is 43.6 Å². The molecule has 2 aromatic heterocycles. The smallest absolute Gasteiger partial charge is 0.319 e. The number of anilines is 1. The van der Waals surface area contributed by atoms with Crippen LogP contribution in [0.15, 0.2) is 42.7 Å². The third-order valence-corrected chi connectivity index (χ3v) is 7.51. The van der Waals surface area contributed by atoms with Crippen LogP contribution in [0.5, 0.6) is 0 Å². The molecule has 4 rings (SSSR count). The molecular weight excluding hydrogens is 434 g/mol. The van der Waals surface area contributed by atoms with E-state index >= 15 is 0 Å². The minimum Gasteiger partial charge on any atom is -0.351 e. The molecule has 1 aliphatic carbocycles. The topological polar surface area (TPSA) is 67.4 Å². The molecule has 6 nitrogen and oxygen atoms in total. The molecule has 0 atom stereocenters. The van der Waals surface area contributed by atoms with Crippen LogP contribution in [0.3, 0.4) is 0 Å². The van der Waals surface area contributed by atoms with Crippen LogP contribution in [0.1, 0.15) is 81.9 Å². The zero-order chi connectivity index (χ0) is 25.3. The summed E-state index contributed by atoms with van der Waals surface area (Å²) >= 11 is 0. The Bertz CT molecular complexity index is 1160.